The third-order valence-electron chi connectivity index (χ3n) is 5.68. The van der Waals surface area contributed by atoms with E-state index >= 15 is 0 Å². The van der Waals surface area contributed by atoms with Gasteiger partial charge in [0.25, 0.3) is 0 Å². The van der Waals surface area contributed by atoms with Crippen molar-refractivity contribution in [3.63, 3.8) is 0 Å². The minimum Gasteiger partial charge on any atom is -0.337 e. The van der Waals surface area contributed by atoms with Gasteiger partial charge in [-0.25, -0.2) is 13.8 Å². The van der Waals surface area contributed by atoms with Crippen LogP contribution in [0.25, 0.3) is 11.0 Å². The van der Waals surface area contributed by atoms with Crippen LogP contribution in [0.15, 0.2) is 42.5 Å². The lowest BCUT2D eigenvalue weighted by molar-refractivity contribution is -0.140. The Hall–Kier alpha value is -2.80. The lowest BCUT2D eigenvalue weighted by Crippen LogP contribution is -2.50. The molecule has 0 aliphatic carbocycles. The predicted molar refractivity (Wildman–Crippen MR) is 107 cm³/mol. The maximum absolute atomic E-state index is 14.0. The highest BCUT2D eigenvalue weighted by atomic mass is 19.1. The van der Waals surface area contributed by atoms with Crippen molar-refractivity contribution in [3.05, 3.63) is 65.5 Å². The van der Waals surface area contributed by atoms with Crippen molar-refractivity contribution in [2.45, 2.75) is 32.0 Å². The van der Waals surface area contributed by atoms with E-state index in [1.165, 1.54) is 12.1 Å². The molecule has 1 unspecified atom stereocenters. The predicted octanol–water partition coefficient (Wildman–Crippen LogP) is 3.47. The number of para-hydroxylation sites is 2. The number of aromatic nitrogens is 2. The number of aryl methyl sites for hydroxylation is 1. The SMILES string of the molecule is CN(Cc1nc2ccccc2n1C)C1CCCN(Cc2ccc(F)cc2F)C1=O. The number of halogens is 2. The van der Waals surface area contributed by atoms with Gasteiger partial charge in [-0.2, -0.15) is 0 Å². The van der Waals surface area contributed by atoms with E-state index in [0.29, 0.717) is 18.7 Å². The molecule has 5 nitrogen and oxygen atoms in total. The average Bonchev–Trinajstić information content (AvgIpc) is 3.01. The van der Waals surface area contributed by atoms with Crippen molar-refractivity contribution in [1.29, 1.82) is 0 Å². The number of nitrogens with zero attached hydrogens (tertiary/aromatic N) is 4. The van der Waals surface area contributed by atoms with Crippen molar-refractivity contribution >= 4 is 16.9 Å². The summed E-state index contributed by atoms with van der Waals surface area (Å²) < 4.78 is 29.2. The number of fused-ring (bicyclic) bond motifs is 1. The Morgan fingerprint density at radius 2 is 2.00 bits per heavy atom. The van der Waals surface area contributed by atoms with Gasteiger partial charge in [0.05, 0.1) is 23.6 Å². The van der Waals surface area contributed by atoms with Crippen LogP contribution in [0.4, 0.5) is 8.78 Å². The third kappa shape index (κ3) is 3.87. The van der Waals surface area contributed by atoms with Gasteiger partial charge in [-0.1, -0.05) is 18.2 Å². The van der Waals surface area contributed by atoms with Crippen molar-refractivity contribution in [2.24, 2.45) is 7.05 Å². The smallest absolute Gasteiger partial charge is 0.240 e. The highest BCUT2D eigenvalue weighted by Crippen LogP contribution is 2.22. The Balaban J connectivity index is 1.48. The molecule has 7 heteroatoms. The molecule has 0 bridgehead atoms. The summed E-state index contributed by atoms with van der Waals surface area (Å²) in [6.07, 6.45) is 1.59. The Bertz CT molecular complexity index is 1050. The summed E-state index contributed by atoms with van der Waals surface area (Å²) >= 11 is 0. The quantitative estimate of drug-likeness (QED) is 0.661. The van der Waals surface area contributed by atoms with Crippen molar-refractivity contribution in [3.8, 4) is 0 Å². The number of amides is 1. The third-order valence-corrected chi connectivity index (χ3v) is 5.68. The molecule has 2 aromatic carbocycles. The van der Waals surface area contributed by atoms with Gasteiger partial charge >= 0.3 is 0 Å². The Morgan fingerprint density at radius 1 is 1.21 bits per heavy atom. The normalized spacial score (nSPS) is 17.5. The first-order valence-electron chi connectivity index (χ1n) is 9.77. The second-order valence-corrected chi connectivity index (χ2v) is 7.64. The highest BCUT2D eigenvalue weighted by molar-refractivity contribution is 5.82. The fraction of sp³-hybridized carbons (Fsp3) is 0.364. The van der Waals surface area contributed by atoms with Crippen LogP contribution >= 0.6 is 0 Å². The molecule has 4 rings (SSSR count). The summed E-state index contributed by atoms with van der Waals surface area (Å²) in [5.74, 6) is -0.367. The van der Waals surface area contributed by atoms with Crippen LogP contribution in [0.5, 0.6) is 0 Å². The van der Waals surface area contributed by atoms with E-state index in [-0.39, 0.29) is 18.5 Å². The molecule has 1 aliphatic heterocycles. The number of carbonyl (C=O) groups is 1. The summed E-state index contributed by atoms with van der Waals surface area (Å²) in [5, 5.41) is 0. The van der Waals surface area contributed by atoms with Gasteiger partial charge in [0.1, 0.15) is 17.5 Å². The van der Waals surface area contributed by atoms with E-state index in [2.05, 4.69) is 0 Å². The molecule has 0 saturated carbocycles. The number of hydrogen-bond acceptors (Lipinski definition) is 3. The van der Waals surface area contributed by atoms with Gasteiger partial charge in [-0.3, -0.25) is 9.69 Å². The summed E-state index contributed by atoms with van der Waals surface area (Å²) in [4.78, 5) is 21.4. The molecule has 1 amide bonds. The number of likely N-dealkylation sites (N-methyl/N-ethyl adjacent to an activating group) is 1. The summed E-state index contributed by atoms with van der Waals surface area (Å²) in [6.45, 7) is 1.27. The van der Waals surface area contributed by atoms with E-state index in [4.69, 9.17) is 4.98 Å². The van der Waals surface area contributed by atoms with Crippen molar-refractivity contribution in [1.82, 2.24) is 19.4 Å². The standard InChI is InChI=1S/C22H24F2N4O/c1-26(14-21-25-18-6-3-4-7-19(18)27(21)2)20-8-5-11-28(22(20)29)13-15-9-10-16(23)12-17(15)24/h3-4,6-7,9-10,12,20H,5,8,11,13-14H2,1-2H3. The van der Waals surface area contributed by atoms with Gasteiger partial charge in [-0.05, 0) is 38.1 Å². The minimum atomic E-state index is -0.618. The number of likely N-dealkylation sites (tertiary alicyclic amines) is 1. The van der Waals surface area contributed by atoms with Gasteiger partial charge in [0.2, 0.25) is 5.91 Å². The first-order chi connectivity index (χ1) is 13.9. The monoisotopic (exact) mass is 398 g/mol. The topological polar surface area (TPSA) is 41.4 Å². The van der Waals surface area contributed by atoms with Crippen LogP contribution in [-0.4, -0.2) is 44.9 Å². The van der Waals surface area contributed by atoms with E-state index in [1.807, 2.05) is 47.8 Å². The number of hydrogen-bond donors (Lipinski definition) is 0. The molecule has 3 aromatic rings. The van der Waals surface area contributed by atoms with Crippen LogP contribution in [0.2, 0.25) is 0 Å². The molecule has 1 fully saturated rings. The van der Waals surface area contributed by atoms with Gasteiger partial charge < -0.3 is 9.47 Å². The van der Waals surface area contributed by atoms with Gasteiger partial charge in [-0.15, -0.1) is 0 Å². The number of rotatable bonds is 5. The molecule has 1 atom stereocenters. The molecule has 1 aliphatic rings. The van der Waals surface area contributed by atoms with E-state index in [9.17, 15) is 13.6 Å². The van der Waals surface area contributed by atoms with Crippen LogP contribution in [-0.2, 0) is 24.9 Å². The van der Waals surface area contributed by atoms with Crippen LogP contribution in [0, 0.1) is 11.6 Å². The molecule has 1 saturated heterocycles. The average molecular weight is 398 g/mol. The second kappa shape index (κ2) is 7.91. The molecule has 0 radical (unpaired) electrons. The number of imidazole rings is 1. The van der Waals surface area contributed by atoms with E-state index < -0.39 is 11.6 Å². The molecular weight excluding hydrogens is 374 g/mol. The van der Waals surface area contributed by atoms with E-state index in [0.717, 1.165) is 35.8 Å². The zero-order valence-electron chi connectivity index (χ0n) is 16.6. The first-order valence-corrected chi connectivity index (χ1v) is 9.77. The first kappa shape index (κ1) is 19.5. The lowest BCUT2D eigenvalue weighted by Gasteiger charge is -2.36. The summed E-state index contributed by atoms with van der Waals surface area (Å²) in [6, 6.07) is 11.1. The summed E-state index contributed by atoms with van der Waals surface area (Å²) in [7, 11) is 3.90. The van der Waals surface area contributed by atoms with Gasteiger partial charge in [0.15, 0.2) is 0 Å². The highest BCUT2D eigenvalue weighted by Gasteiger charge is 2.32. The molecule has 152 valence electrons. The number of carbonyl (C=O) groups excluding carboxylic acids is 1. The minimum absolute atomic E-state index is 0.0266. The van der Waals surface area contributed by atoms with Crippen LogP contribution < -0.4 is 0 Å². The fourth-order valence-corrected chi connectivity index (χ4v) is 4.01. The number of benzene rings is 2. The largest absolute Gasteiger partial charge is 0.337 e. The van der Waals surface area contributed by atoms with Crippen molar-refractivity contribution in [2.75, 3.05) is 13.6 Å². The molecule has 0 N–H and O–H groups in total. The Labute approximate surface area is 168 Å². The van der Waals surface area contributed by atoms with E-state index in [1.54, 1.807) is 4.90 Å². The summed E-state index contributed by atoms with van der Waals surface area (Å²) in [5.41, 5.74) is 2.32. The van der Waals surface area contributed by atoms with Crippen molar-refractivity contribution < 1.29 is 13.6 Å². The zero-order valence-corrected chi connectivity index (χ0v) is 16.6. The van der Waals surface area contributed by atoms with Gasteiger partial charge in [0, 0.05) is 31.8 Å². The molecule has 0 spiro atoms. The fourth-order valence-electron chi connectivity index (χ4n) is 4.01. The Kier molecular flexibility index (Phi) is 5.32. The van der Waals surface area contributed by atoms with Crippen LogP contribution in [0.3, 0.4) is 0 Å². The zero-order chi connectivity index (χ0) is 20.5. The maximum Gasteiger partial charge on any atom is 0.240 e. The second-order valence-electron chi connectivity index (χ2n) is 7.64. The molecular formula is C22H24F2N4O. The lowest BCUT2D eigenvalue weighted by atomic mass is 10.0. The molecule has 2 heterocycles. The molecule has 29 heavy (non-hydrogen) atoms. The number of piperidine rings is 1. The molecule has 1 aromatic heterocycles. The maximum atomic E-state index is 14.0. The Morgan fingerprint density at radius 3 is 2.76 bits per heavy atom. The van der Waals surface area contributed by atoms with Crippen LogP contribution in [0.1, 0.15) is 24.2 Å².